The number of carbonyl (C=O) groups is 1. The average Bonchev–Trinajstić information content (AvgIpc) is 2.49. The lowest BCUT2D eigenvalue weighted by molar-refractivity contribution is -0.128. The van der Waals surface area contributed by atoms with Crippen LogP contribution in [-0.2, 0) is 11.2 Å². The molecule has 6 nitrogen and oxygen atoms in total. The Hall–Kier alpha value is -1.38. The van der Waals surface area contributed by atoms with Gasteiger partial charge in [0.25, 0.3) is 0 Å². The van der Waals surface area contributed by atoms with E-state index in [2.05, 4.69) is 20.6 Å². The van der Waals surface area contributed by atoms with Gasteiger partial charge in [-0.3, -0.25) is 14.8 Å². The van der Waals surface area contributed by atoms with Crippen LogP contribution in [-0.4, -0.2) is 55.0 Å². The fraction of sp³-hybridized carbons (Fsp3) is 0.533. The number of halogens is 1. The van der Waals surface area contributed by atoms with E-state index in [1.165, 1.54) is 0 Å². The zero-order valence-electron chi connectivity index (χ0n) is 13.7. The maximum absolute atomic E-state index is 12.0. The van der Waals surface area contributed by atoms with Crippen LogP contribution in [0.3, 0.4) is 0 Å². The third-order valence-electron chi connectivity index (χ3n) is 2.91. The lowest BCUT2D eigenvalue weighted by atomic mass is 10.2. The summed E-state index contributed by atoms with van der Waals surface area (Å²) in [5.74, 6) is 0.661. The molecular formula is C15H26IN5O. The molecule has 1 rings (SSSR count). The normalized spacial score (nSPS) is 10.9. The summed E-state index contributed by atoms with van der Waals surface area (Å²) in [5, 5.41) is 6.15. The Balaban J connectivity index is 0.00000441. The zero-order chi connectivity index (χ0) is 15.7. The molecule has 1 aromatic heterocycles. The van der Waals surface area contributed by atoms with Crippen molar-refractivity contribution in [3.8, 4) is 0 Å². The van der Waals surface area contributed by atoms with Crippen LogP contribution in [0.15, 0.2) is 29.4 Å². The first-order chi connectivity index (χ1) is 10.0. The largest absolute Gasteiger partial charge is 0.354 e. The molecular weight excluding hydrogens is 393 g/mol. The van der Waals surface area contributed by atoms with Crippen molar-refractivity contribution in [2.24, 2.45) is 4.99 Å². The van der Waals surface area contributed by atoms with Crippen LogP contribution in [0.4, 0.5) is 0 Å². The number of guanidine groups is 1. The minimum atomic E-state index is 0. The van der Waals surface area contributed by atoms with Crippen molar-refractivity contribution in [3.63, 3.8) is 0 Å². The lowest BCUT2D eigenvalue weighted by Gasteiger charge is -2.19. The number of nitrogens with zero attached hydrogens (tertiary/aromatic N) is 3. The SMILES string of the molecule is CN=C(NCC(=O)N(C)CCc1ccccn1)NC(C)C.I. The number of hydrogen-bond acceptors (Lipinski definition) is 3. The Morgan fingerprint density at radius 2 is 2.14 bits per heavy atom. The molecule has 0 atom stereocenters. The summed E-state index contributed by atoms with van der Waals surface area (Å²) in [6.45, 7) is 4.92. The summed E-state index contributed by atoms with van der Waals surface area (Å²) in [5.41, 5.74) is 0.988. The van der Waals surface area contributed by atoms with Gasteiger partial charge in [0, 0.05) is 45.0 Å². The van der Waals surface area contributed by atoms with Crippen molar-refractivity contribution in [1.29, 1.82) is 0 Å². The minimum Gasteiger partial charge on any atom is -0.354 e. The first-order valence-corrected chi connectivity index (χ1v) is 7.14. The molecule has 22 heavy (non-hydrogen) atoms. The van der Waals surface area contributed by atoms with Crippen LogP contribution in [0.2, 0.25) is 0 Å². The highest BCUT2D eigenvalue weighted by molar-refractivity contribution is 14.0. The van der Waals surface area contributed by atoms with Gasteiger partial charge >= 0.3 is 0 Å². The average molecular weight is 419 g/mol. The van der Waals surface area contributed by atoms with Crippen LogP contribution in [0, 0.1) is 0 Å². The third kappa shape index (κ3) is 8.16. The summed E-state index contributed by atoms with van der Waals surface area (Å²) in [4.78, 5) is 22.0. The van der Waals surface area contributed by atoms with Crippen LogP contribution >= 0.6 is 24.0 Å². The predicted octanol–water partition coefficient (Wildman–Crippen LogP) is 1.27. The quantitative estimate of drug-likeness (QED) is 0.414. The number of amides is 1. The molecule has 2 N–H and O–H groups in total. The summed E-state index contributed by atoms with van der Waals surface area (Å²) >= 11 is 0. The van der Waals surface area contributed by atoms with E-state index >= 15 is 0 Å². The van der Waals surface area contributed by atoms with Gasteiger partial charge < -0.3 is 15.5 Å². The number of carbonyl (C=O) groups excluding carboxylic acids is 1. The van der Waals surface area contributed by atoms with E-state index in [0.717, 1.165) is 12.1 Å². The molecule has 7 heteroatoms. The highest BCUT2D eigenvalue weighted by Gasteiger charge is 2.10. The first kappa shape index (κ1) is 20.6. The van der Waals surface area contributed by atoms with Gasteiger partial charge in [0.15, 0.2) is 5.96 Å². The van der Waals surface area contributed by atoms with Gasteiger partial charge in [-0.1, -0.05) is 6.07 Å². The molecule has 0 aliphatic carbocycles. The fourth-order valence-electron chi connectivity index (χ4n) is 1.72. The minimum absolute atomic E-state index is 0. The standard InChI is InChI=1S/C15H25N5O.HI/c1-12(2)19-15(16-3)18-11-14(21)20(4)10-8-13-7-5-6-9-17-13;/h5-7,9,12H,8,10-11H2,1-4H3,(H2,16,18,19);1H. The Labute approximate surface area is 149 Å². The second-order valence-electron chi connectivity index (χ2n) is 5.11. The van der Waals surface area contributed by atoms with Crippen LogP contribution in [0.1, 0.15) is 19.5 Å². The molecule has 0 aliphatic heterocycles. The molecule has 0 unspecified atom stereocenters. The van der Waals surface area contributed by atoms with Gasteiger partial charge in [-0.25, -0.2) is 0 Å². The Morgan fingerprint density at radius 1 is 1.41 bits per heavy atom. The second-order valence-corrected chi connectivity index (χ2v) is 5.11. The number of nitrogens with one attached hydrogen (secondary N) is 2. The van der Waals surface area contributed by atoms with Crippen molar-refractivity contribution in [1.82, 2.24) is 20.5 Å². The second kappa shape index (κ2) is 11.2. The first-order valence-electron chi connectivity index (χ1n) is 7.14. The van der Waals surface area contributed by atoms with Gasteiger partial charge in [-0.05, 0) is 26.0 Å². The van der Waals surface area contributed by atoms with Crippen LogP contribution in [0.5, 0.6) is 0 Å². The Bertz CT molecular complexity index is 464. The highest BCUT2D eigenvalue weighted by Crippen LogP contribution is 1.96. The molecule has 0 aromatic carbocycles. The van der Waals surface area contributed by atoms with Gasteiger partial charge in [0.2, 0.25) is 5.91 Å². The molecule has 1 aromatic rings. The summed E-state index contributed by atoms with van der Waals surface area (Å²) in [6, 6.07) is 6.07. The van der Waals surface area contributed by atoms with Crippen LogP contribution in [0.25, 0.3) is 0 Å². The summed E-state index contributed by atoms with van der Waals surface area (Å²) < 4.78 is 0. The maximum Gasteiger partial charge on any atom is 0.241 e. The van der Waals surface area contributed by atoms with Crippen molar-refractivity contribution < 1.29 is 4.79 Å². The molecule has 0 radical (unpaired) electrons. The van der Waals surface area contributed by atoms with Crippen LogP contribution < -0.4 is 10.6 Å². The number of aliphatic imine (C=N–C) groups is 1. The summed E-state index contributed by atoms with van der Waals surface area (Å²) in [6.07, 6.45) is 2.52. The van der Waals surface area contributed by atoms with E-state index in [4.69, 9.17) is 0 Å². The van der Waals surface area contributed by atoms with E-state index in [-0.39, 0.29) is 42.5 Å². The molecule has 0 saturated carbocycles. The van der Waals surface area contributed by atoms with E-state index in [0.29, 0.717) is 12.5 Å². The number of pyridine rings is 1. The Kier molecular flexibility index (Phi) is 10.5. The number of rotatable bonds is 6. The molecule has 1 amide bonds. The fourth-order valence-corrected chi connectivity index (χ4v) is 1.72. The molecule has 0 bridgehead atoms. The highest BCUT2D eigenvalue weighted by atomic mass is 127. The molecule has 0 aliphatic rings. The number of likely N-dealkylation sites (N-methyl/N-ethyl adjacent to an activating group) is 1. The molecule has 0 saturated heterocycles. The predicted molar refractivity (Wildman–Crippen MR) is 101 cm³/mol. The molecule has 0 spiro atoms. The third-order valence-corrected chi connectivity index (χ3v) is 2.91. The molecule has 0 fully saturated rings. The lowest BCUT2D eigenvalue weighted by Crippen LogP contribution is -2.45. The van der Waals surface area contributed by atoms with E-state index < -0.39 is 0 Å². The van der Waals surface area contributed by atoms with Crippen molar-refractivity contribution >= 4 is 35.8 Å². The summed E-state index contributed by atoms with van der Waals surface area (Å²) in [7, 11) is 3.48. The van der Waals surface area contributed by atoms with Crippen molar-refractivity contribution in [2.45, 2.75) is 26.3 Å². The van der Waals surface area contributed by atoms with Gasteiger partial charge in [0.05, 0.1) is 6.54 Å². The van der Waals surface area contributed by atoms with Crippen molar-refractivity contribution in [2.75, 3.05) is 27.2 Å². The zero-order valence-corrected chi connectivity index (χ0v) is 16.0. The topological polar surface area (TPSA) is 69.6 Å². The smallest absolute Gasteiger partial charge is 0.241 e. The number of aromatic nitrogens is 1. The number of hydrogen-bond donors (Lipinski definition) is 2. The van der Waals surface area contributed by atoms with Gasteiger partial charge in [0.1, 0.15) is 0 Å². The van der Waals surface area contributed by atoms with E-state index in [1.807, 2.05) is 32.0 Å². The Morgan fingerprint density at radius 3 is 2.68 bits per heavy atom. The molecule has 1 heterocycles. The maximum atomic E-state index is 12.0. The van der Waals surface area contributed by atoms with Gasteiger partial charge in [-0.2, -0.15) is 0 Å². The van der Waals surface area contributed by atoms with Crippen molar-refractivity contribution in [3.05, 3.63) is 30.1 Å². The van der Waals surface area contributed by atoms with E-state index in [9.17, 15) is 4.79 Å². The van der Waals surface area contributed by atoms with E-state index in [1.54, 1.807) is 25.2 Å². The molecule has 124 valence electrons. The van der Waals surface area contributed by atoms with Gasteiger partial charge in [-0.15, -0.1) is 24.0 Å². The monoisotopic (exact) mass is 419 g/mol.